The zero-order valence-corrected chi connectivity index (χ0v) is 12.2. The Balaban J connectivity index is 1.78. The summed E-state index contributed by atoms with van der Waals surface area (Å²) in [6.45, 7) is 1.64. The fourth-order valence-corrected chi connectivity index (χ4v) is 3.73. The molecule has 3 nitrogen and oxygen atoms in total. The van der Waals surface area contributed by atoms with Crippen LogP contribution < -0.4 is 0 Å². The van der Waals surface area contributed by atoms with Crippen molar-refractivity contribution < 1.29 is 23.1 Å². The minimum Gasteiger partial charge on any atom is -0.481 e. The van der Waals surface area contributed by atoms with E-state index in [-0.39, 0.29) is 25.3 Å². The maximum Gasteiger partial charge on any atom is 0.391 e. The second-order valence-corrected chi connectivity index (χ2v) is 6.47. The first-order chi connectivity index (χ1) is 9.86. The third-order valence-electron chi connectivity index (χ3n) is 5.04. The number of aliphatic carboxylic acids is 1. The van der Waals surface area contributed by atoms with E-state index in [1.54, 1.807) is 0 Å². The molecule has 1 heterocycles. The Bertz CT molecular complexity index is 351. The van der Waals surface area contributed by atoms with E-state index in [0.29, 0.717) is 18.8 Å². The van der Waals surface area contributed by atoms with Crippen molar-refractivity contribution in [2.75, 3.05) is 13.1 Å². The van der Waals surface area contributed by atoms with E-state index in [1.807, 2.05) is 0 Å². The van der Waals surface area contributed by atoms with E-state index >= 15 is 0 Å². The van der Waals surface area contributed by atoms with Crippen LogP contribution in [0.25, 0.3) is 0 Å². The number of carboxylic acid groups (broad SMARTS) is 1. The molecule has 1 saturated carbocycles. The molecule has 0 aromatic carbocycles. The van der Waals surface area contributed by atoms with Crippen LogP contribution in [0.5, 0.6) is 0 Å². The molecule has 0 spiro atoms. The van der Waals surface area contributed by atoms with Crippen LogP contribution >= 0.6 is 0 Å². The molecule has 6 heteroatoms. The molecule has 1 aliphatic heterocycles. The fourth-order valence-electron chi connectivity index (χ4n) is 3.73. The van der Waals surface area contributed by atoms with Gasteiger partial charge in [-0.3, -0.25) is 4.79 Å². The van der Waals surface area contributed by atoms with Crippen LogP contribution in [0, 0.1) is 11.8 Å². The van der Waals surface area contributed by atoms with Crippen molar-refractivity contribution in [1.29, 1.82) is 0 Å². The summed E-state index contributed by atoms with van der Waals surface area (Å²) < 4.78 is 38.5. The normalized spacial score (nSPS) is 29.5. The van der Waals surface area contributed by atoms with Crippen molar-refractivity contribution in [2.45, 2.75) is 63.6 Å². The Morgan fingerprint density at radius 3 is 2.38 bits per heavy atom. The monoisotopic (exact) mass is 307 g/mol. The van der Waals surface area contributed by atoms with Crippen LogP contribution in [-0.2, 0) is 4.79 Å². The van der Waals surface area contributed by atoms with Gasteiger partial charge < -0.3 is 10.0 Å². The molecule has 0 amide bonds. The standard InChI is InChI=1S/C15H24F3NO2/c16-15(17,18)12-2-1-3-13(10-12)19-8-6-11(7-9-19)4-5-14(20)21/h11-13H,1-10H2,(H,20,21). The number of halogens is 3. The molecule has 2 rings (SSSR count). The van der Waals surface area contributed by atoms with Crippen molar-refractivity contribution in [2.24, 2.45) is 11.8 Å². The van der Waals surface area contributed by atoms with E-state index in [1.165, 1.54) is 0 Å². The molecular weight excluding hydrogens is 283 g/mol. The van der Waals surface area contributed by atoms with E-state index in [0.717, 1.165) is 32.4 Å². The first-order valence-corrected chi connectivity index (χ1v) is 7.89. The highest BCUT2D eigenvalue weighted by Gasteiger charge is 2.43. The number of rotatable bonds is 4. The molecule has 2 aliphatic rings. The summed E-state index contributed by atoms with van der Waals surface area (Å²) >= 11 is 0. The maximum absolute atomic E-state index is 12.8. The lowest BCUT2D eigenvalue weighted by molar-refractivity contribution is -0.187. The summed E-state index contributed by atoms with van der Waals surface area (Å²) in [6, 6.07) is 0.0609. The molecule has 2 fully saturated rings. The van der Waals surface area contributed by atoms with Crippen molar-refractivity contribution in [3.63, 3.8) is 0 Å². The van der Waals surface area contributed by atoms with Crippen LogP contribution in [0.3, 0.4) is 0 Å². The highest BCUT2D eigenvalue weighted by atomic mass is 19.4. The van der Waals surface area contributed by atoms with Crippen molar-refractivity contribution in [3.8, 4) is 0 Å². The quantitative estimate of drug-likeness (QED) is 0.861. The third kappa shape index (κ3) is 4.87. The van der Waals surface area contributed by atoms with Crippen molar-refractivity contribution in [3.05, 3.63) is 0 Å². The van der Waals surface area contributed by atoms with Gasteiger partial charge in [-0.1, -0.05) is 6.42 Å². The molecule has 21 heavy (non-hydrogen) atoms. The summed E-state index contributed by atoms with van der Waals surface area (Å²) in [5.41, 5.74) is 0. The van der Waals surface area contributed by atoms with Gasteiger partial charge in [0.05, 0.1) is 5.92 Å². The average Bonchev–Trinajstić information content (AvgIpc) is 2.45. The summed E-state index contributed by atoms with van der Waals surface area (Å²) in [4.78, 5) is 12.8. The Morgan fingerprint density at radius 1 is 1.14 bits per heavy atom. The molecular formula is C15H24F3NO2. The maximum atomic E-state index is 12.8. The molecule has 1 saturated heterocycles. The lowest BCUT2D eigenvalue weighted by Crippen LogP contribution is -2.45. The first-order valence-electron chi connectivity index (χ1n) is 7.89. The summed E-state index contributed by atoms with van der Waals surface area (Å²) in [6.07, 6.45) is 0.710. The summed E-state index contributed by atoms with van der Waals surface area (Å²) in [7, 11) is 0. The van der Waals surface area contributed by atoms with Gasteiger partial charge in [-0.15, -0.1) is 0 Å². The van der Waals surface area contributed by atoms with Crippen LogP contribution in [0.2, 0.25) is 0 Å². The van der Waals surface area contributed by atoms with Crippen molar-refractivity contribution >= 4 is 5.97 Å². The topological polar surface area (TPSA) is 40.5 Å². The second-order valence-electron chi connectivity index (χ2n) is 6.47. The zero-order chi connectivity index (χ0) is 15.5. The molecule has 1 N–H and O–H groups in total. The van der Waals surface area contributed by atoms with Crippen LogP contribution in [0.1, 0.15) is 51.4 Å². The fraction of sp³-hybridized carbons (Fsp3) is 0.933. The minimum atomic E-state index is -4.06. The highest BCUT2D eigenvalue weighted by molar-refractivity contribution is 5.66. The second kappa shape index (κ2) is 6.99. The zero-order valence-electron chi connectivity index (χ0n) is 12.2. The third-order valence-corrected chi connectivity index (χ3v) is 5.04. The lowest BCUT2D eigenvalue weighted by Gasteiger charge is -2.41. The van der Waals surface area contributed by atoms with Gasteiger partial charge in [0.15, 0.2) is 0 Å². The molecule has 2 unspecified atom stereocenters. The van der Waals surface area contributed by atoms with Crippen molar-refractivity contribution in [1.82, 2.24) is 4.90 Å². The van der Waals surface area contributed by atoms with E-state index in [4.69, 9.17) is 5.11 Å². The van der Waals surface area contributed by atoms with E-state index in [2.05, 4.69) is 4.90 Å². The predicted molar refractivity (Wildman–Crippen MR) is 73.0 cm³/mol. The molecule has 0 aromatic rings. The Labute approximate surface area is 123 Å². The average molecular weight is 307 g/mol. The van der Waals surface area contributed by atoms with Gasteiger partial charge in [-0.05, 0) is 57.5 Å². The molecule has 0 bridgehead atoms. The Kier molecular flexibility index (Phi) is 5.52. The van der Waals surface area contributed by atoms with Crippen LogP contribution in [0.4, 0.5) is 13.2 Å². The van der Waals surface area contributed by atoms with Gasteiger partial charge in [0.1, 0.15) is 0 Å². The van der Waals surface area contributed by atoms with Crippen LogP contribution in [-0.4, -0.2) is 41.3 Å². The molecule has 2 atom stereocenters. The molecule has 122 valence electrons. The number of likely N-dealkylation sites (tertiary alicyclic amines) is 1. The number of piperidine rings is 1. The summed E-state index contributed by atoms with van der Waals surface area (Å²) in [5, 5.41) is 8.69. The summed E-state index contributed by atoms with van der Waals surface area (Å²) in [5.74, 6) is -1.49. The number of alkyl halides is 3. The molecule has 0 aromatic heterocycles. The number of carbonyl (C=O) groups is 1. The van der Waals surface area contributed by atoms with Gasteiger partial charge in [-0.25, -0.2) is 0 Å². The van der Waals surface area contributed by atoms with Gasteiger partial charge >= 0.3 is 12.1 Å². The van der Waals surface area contributed by atoms with Gasteiger partial charge in [0, 0.05) is 12.5 Å². The van der Waals surface area contributed by atoms with Crippen LogP contribution in [0.15, 0.2) is 0 Å². The number of hydrogen-bond acceptors (Lipinski definition) is 2. The lowest BCUT2D eigenvalue weighted by atomic mass is 9.83. The Morgan fingerprint density at radius 2 is 1.81 bits per heavy atom. The highest BCUT2D eigenvalue weighted by Crippen LogP contribution is 2.39. The van der Waals surface area contributed by atoms with E-state index in [9.17, 15) is 18.0 Å². The van der Waals surface area contributed by atoms with Gasteiger partial charge in [0.2, 0.25) is 0 Å². The Hall–Kier alpha value is -0.780. The molecule has 1 aliphatic carbocycles. The number of carboxylic acids is 1. The minimum absolute atomic E-state index is 0.0609. The van der Waals surface area contributed by atoms with Gasteiger partial charge in [0.25, 0.3) is 0 Å². The first kappa shape index (κ1) is 16.6. The smallest absolute Gasteiger partial charge is 0.391 e. The molecule has 0 radical (unpaired) electrons. The SMILES string of the molecule is O=C(O)CCC1CCN(C2CCCC(C(F)(F)F)C2)CC1. The number of nitrogens with zero attached hydrogens (tertiary/aromatic N) is 1. The largest absolute Gasteiger partial charge is 0.481 e. The van der Waals surface area contributed by atoms with E-state index < -0.39 is 18.1 Å². The predicted octanol–water partition coefficient (Wildman–Crippen LogP) is 3.68. The number of hydrogen-bond donors (Lipinski definition) is 1. The van der Waals surface area contributed by atoms with Gasteiger partial charge in [-0.2, -0.15) is 13.2 Å².